The van der Waals surface area contributed by atoms with Crippen molar-refractivity contribution < 1.29 is 0 Å². The van der Waals surface area contributed by atoms with Crippen molar-refractivity contribution in [2.24, 2.45) is 0 Å². The van der Waals surface area contributed by atoms with Crippen LogP contribution in [-0.2, 0) is 0 Å². The smallest absolute Gasteiger partial charge is 0.135 e. The Kier molecular flexibility index (Phi) is 3.73. The van der Waals surface area contributed by atoms with Crippen molar-refractivity contribution in [1.29, 1.82) is 5.26 Å². The second-order valence-electron chi connectivity index (χ2n) is 5.20. The van der Waals surface area contributed by atoms with Crippen LogP contribution in [0.15, 0.2) is 54.6 Å². The molecule has 0 atom stereocenters. The molecular formula is C19H10ClN3S. The zero-order valence-corrected chi connectivity index (χ0v) is 14.0. The molecule has 0 saturated carbocycles. The van der Waals surface area contributed by atoms with Gasteiger partial charge in [-0.3, -0.25) is 0 Å². The Balaban J connectivity index is 1.83. The lowest BCUT2D eigenvalue weighted by Gasteiger charge is -2.01. The lowest BCUT2D eigenvalue weighted by molar-refractivity contribution is 1.37. The average molecular weight is 348 g/mol. The summed E-state index contributed by atoms with van der Waals surface area (Å²) in [5.74, 6) is 0. The molecule has 0 radical (unpaired) electrons. The van der Waals surface area contributed by atoms with E-state index in [1.807, 2.05) is 54.6 Å². The lowest BCUT2D eigenvalue weighted by Crippen LogP contribution is -1.86. The number of benzene rings is 2. The molecule has 0 spiro atoms. The van der Waals surface area contributed by atoms with E-state index >= 15 is 0 Å². The van der Waals surface area contributed by atoms with Gasteiger partial charge in [0.1, 0.15) is 11.1 Å². The number of aromatic nitrogens is 2. The highest BCUT2D eigenvalue weighted by Gasteiger charge is 2.09. The Labute approximate surface area is 147 Å². The van der Waals surface area contributed by atoms with Crippen LogP contribution < -0.4 is 0 Å². The first-order valence-electron chi connectivity index (χ1n) is 7.27. The van der Waals surface area contributed by atoms with Crippen molar-refractivity contribution in [3.8, 4) is 6.07 Å². The molecule has 0 N–H and O–H groups in total. The Bertz CT molecular complexity index is 1110. The molecule has 0 aliphatic rings. The maximum absolute atomic E-state index is 9.53. The molecule has 4 rings (SSSR count). The minimum absolute atomic E-state index is 0.495. The zero-order chi connectivity index (χ0) is 16.5. The third kappa shape index (κ3) is 2.65. The predicted octanol–water partition coefficient (Wildman–Crippen LogP) is 5.56. The molecule has 24 heavy (non-hydrogen) atoms. The number of rotatable bonds is 2. The summed E-state index contributed by atoms with van der Waals surface area (Å²) in [4.78, 5) is 9.09. The number of fused-ring (bicyclic) bond motifs is 2. The fourth-order valence-electron chi connectivity index (χ4n) is 2.48. The second-order valence-corrected chi connectivity index (χ2v) is 6.64. The highest BCUT2D eigenvalue weighted by molar-refractivity contribution is 7.19. The highest BCUT2D eigenvalue weighted by Crippen LogP contribution is 2.28. The molecule has 0 fully saturated rings. The molecule has 5 heteroatoms. The average Bonchev–Trinajstić information content (AvgIpc) is 3.04. The first-order chi connectivity index (χ1) is 11.7. The SMILES string of the molecule is N#CC(=Cc1ccc2cccc(Cl)c2n1)c1nc2ccccc2s1. The Hall–Kier alpha value is -2.74. The van der Waals surface area contributed by atoms with Gasteiger partial charge in [0.05, 0.1) is 32.0 Å². The van der Waals surface area contributed by atoms with Crippen LogP contribution in [0.5, 0.6) is 0 Å². The Morgan fingerprint density at radius 3 is 2.75 bits per heavy atom. The van der Waals surface area contributed by atoms with Crippen LogP contribution >= 0.6 is 22.9 Å². The number of nitrogens with zero attached hydrogens (tertiary/aromatic N) is 3. The van der Waals surface area contributed by atoms with Gasteiger partial charge in [0.15, 0.2) is 0 Å². The fourth-order valence-corrected chi connectivity index (χ4v) is 3.64. The first kappa shape index (κ1) is 14.8. The highest BCUT2D eigenvalue weighted by atomic mass is 35.5. The molecule has 114 valence electrons. The van der Waals surface area contributed by atoms with Gasteiger partial charge in [0.25, 0.3) is 0 Å². The summed E-state index contributed by atoms with van der Waals surface area (Å²) in [6.07, 6.45) is 1.75. The molecule has 0 aliphatic heterocycles. The standard InChI is InChI=1S/C19H10ClN3S/c20-15-5-3-4-12-8-9-14(22-18(12)15)10-13(11-21)19-23-16-6-1-2-7-17(16)24-19/h1-10H. The Morgan fingerprint density at radius 2 is 1.92 bits per heavy atom. The molecule has 2 aromatic carbocycles. The van der Waals surface area contributed by atoms with Gasteiger partial charge in [0, 0.05) is 5.39 Å². The topological polar surface area (TPSA) is 49.6 Å². The van der Waals surface area contributed by atoms with Gasteiger partial charge >= 0.3 is 0 Å². The lowest BCUT2D eigenvalue weighted by atomic mass is 10.1. The van der Waals surface area contributed by atoms with E-state index in [9.17, 15) is 5.26 Å². The molecule has 0 saturated heterocycles. The summed E-state index contributed by atoms with van der Waals surface area (Å²) in [6.45, 7) is 0. The van der Waals surface area contributed by atoms with E-state index in [1.165, 1.54) is 11.3 Å². The molecule has 2 heterocycles. The van der Waals surface area contributed by atoms with E-state index in [-0.39, 0.29) is 0 Å². The van der Waals surface area contributed by atoms with Crippen molar-refractivity contribution in [2.75, 3.05) is 0 Å². The van der Waals surface area contributed by atoms with E-state index in [2.05, 4.69) is 16.0 Å². The van der Waals surface area contributed by atoms with Crippen molar-refractivity contribution >= 4 is 55.7 Å². The van der Waals surface area contributed by atoms with Gasteiger partial charge in [-0.15, -0.1) is 11.3 Å². The first-order valence-corrected chi connectivity index (χ1v) is 8.47. The number of halogens is 1. The monoisotopic (exact) mass is 347 g/mol. The van der Waals surface area contributed by atoms with E-state index < -0.39 is 0 Å². The van der Waals surface area contributed by atoms with E-state index in [4.69, 9.17) is 11.6 Å². The van der Waals surface area contributed by atoms with Gasteiger partial charge in [-0.1, -0.05) is 41.9 Å². The fraction of sp³-hybridized carbons (Fsp3) is 0. The van der Waals surface area contributed by atoms with Crippen LogP contribution in [0.1, 0.15) is 10.7 Å². The summed E-state index contributed by atoms with van der Waals surface area (Å²) >= 11 is 7.71. The number of para-hydroxylation sites is 2. The van der Waals surface area contributed by atoms with Gasteiger partial charge in [-0.2, -0.15) is 5.26 Å². The van der Waals surface area contributed by atoms with Crippen LogP contribution in [0.2, 0.25) is 5.02 Å². The third-order valence-electron chi connectivity index (χ3n) is 3.63. The molecule has 2 aromatic heterocycles. The molecule has 3 nitrogen and oxygen atoms in total. The van der Waals surface area contributed by atoms with Crippen molar-refractivity contribution in [2.45, 2.75) is 0 Å². The third-order valence-corrected chi connectivity index (χ3v) is 5.00. The van der Waals surface area contributed by atoms with Gasteiger partial charge < -0.3 is 0 Å². The summed E-state index contributed by atoms with van der Waals surface area (Å²) in [6, 6.07) is 19.6. The molecule has 0 aliphatic carbocycles. The number of allylic oxidation sites excluding steroid dienone is 1. The maximum atomic E-state index is 9.53. The molecule has 0 bridgehead atoms. The van der Waals surface area contributed by atoms with Crippen LogP contribution in [0.4, 0.5) is 0 Å². The van der Waals surface area contributed by atoms with Gasteiger partial charge in [0.2, 0.25) is 0 Å². The Morgan fingerprint density at radius 1 is 1.04 bits per heavy atom. The molecular weight excluding hydrogens is 338 g/mol. The van der Waals surface area contributed by atoms with Crippen LogP contribution in [-0.4, -0.2) is 9.97 Å². The van der Waals surface area contributed by atoms with Crippen molar-refractivity contribution in [1.82, 2.24) is 9.97 Å². The van der Waals surface area contributed by atoms with Crippen LogP contribution in [0, 0.1) is 11.3 Å². The quantitative estimate of drug-likeness (QED) is 0.446. The molecule has 0 unspecified atom stereocenters. The summed E-state index contributed by atoms with van der Waals surface area (Å²) < 4.78 is 1.06. The molecule has 0 amide bonds. The summed E-state index contributed by atoms with van der Waals surface area (Å²) in [5, 5.41) is 11.8. The zero-order valence-electron chi connectivity index (χ0n) is 12.4. The van der Waals surface area contributed by atoms with E-state index in [1.54, 1.807) is 6.08 Å². The number of hydrogen-bond acceptors (Lipinski definition) is 4. The number of thiazole rings is 1. The largest absolute Gasteiger partial charge is 0.247 e. The predicted molar refractivity (Wildman–Crippen MR) is 99.9 cm³/mol. The maximum Gasteiger partial charge on any atom is 0.135 e. The van der Waals surface area contributed by atoms with Crippen LogP contribution in [0.25, 0.3) is 32.8 Å². The van der Waals surface area contributed by atoms with E-state index in [0.29, 0.717) is 21.3 Å². The van der Waals surface area contributed by atoms with Crippen molar-refractivity contribution in [3.05, 3.63) is 70.3 Å². The van der Waals surface area contributed by atoms with Gasteiger partial charge in [-0.25, -0.2) is 9.97 Å². The van der Waals surface area contributed by atoms with Crippen LogP contribution in [0.3, 0.4) is 0 Å². The summed E-state index contributed by atoms with van der Waals surface area (Å²) in [7, 11) is 0. The second kappa shape index (κ2) is 6.04. The van der Waals surface area contributed by atoms with Gasteiger partial charge in [-0.05, 0) is 30.3 Å². The number of hydrogen-bond donors (Lipinski definition) is 0. The number of pyridine rings is 1. The number of nitriles is 1. The summed E-state index contributed by atoms with van der Waals surface area (Å²) in [5.41, 5.74) is 2.81. The molecule has 4 aromatic rings. The minimum Gasteiger partial charge on any atom is -0.247 e. The minimum atomic E-state index is 0.495. The van der Waals surface area contributed by atoms with Crippen molar-refractivity contribution in [3.63, 3.8) is 0 Å². The normalized spacial score (nSPS) is 11.8. The van der Waals surface area contributed by atoms with E-state index in [0.717, 1.165) is 21.1 Å².